The standard InChI is InChI=1S/C11H10BrNO4/c12-7-2-1-3-8(6-7)13-9(10(14)15)4-5-17-11(13)16/h1-3,6,9H,4-5H2,(H,14,15). The lowest BCUT2D eigenvalue weighted by Crippen LogP contribution is -2.50. The second-order valence-corrected chi connectivity index (χ2v) is 4.52. The molecule has 0 bridgehead atoms. The lowest BCUT2D eigenvalue weighted by Gasteiger charge is -2.32. The van der Waals surface area contributed by atoms with Crippen LogP contribution in [0.15, 0.2) is 28.7 Å². The maximum atomic E-state index is 11.6. The predicted octanol–water partition coefficient (Wildman–Crippen LogP) is 2.25. The van der Waals surface area contributed by atoms with Crippen LogP contribution in [0.5, 0.6) is 0 Å². The SMILES string of the molecule is O=C(O)C1CCOC(=O)N1c1cccc(Br)c1. The zero-order valence-corrected chi connectivity index (χ0v) is 10.4. The van der Waals surface area contributed by atoms with Crippen LogP contribution in [0.4, 0.5) is 10.5 Å². The number of anilines is 1. The van der Waals surface area contributed by atoms with Gasteiger partial charge in [-0.3, -0.25) is 4.90 Å². The van der Waals surface area contributed by atoms with Gasteiger partial charge in [0.2, 0.25) is 0 Å². The lowest BCUT2D eigenvalue weighted by atomic mass is 10.1. The second kappa shape index (κ2) is 4.75. The zero-order chi connectivity index (χ0) is 12.4. The molecular weight excluding hydrogens is 290 g/mol. The molecule has 2 rings (SSSR count). The highest BCUT2D eigenvalue weighted by atomic mass is 79.9. The van der Waals surface area contributed by atoms with Gasteiger partial charge in [-0.2, -0.15) is 0 Å². The molecular formula is C11H10BrNO4. The predicted molar refractivity (Wildman–Crippen MR) is 64.0 cm³/mol. The van der Waals surface area contributed by atoms with E-state index >= 15 is 0 Å². The third-order valence-electron chi connectivity index (χ3n) is 2.50. The Hall–Kier alpha value is -1.56. The summed E-state index contributed by atoms with van der Waals surface area (Å²) in [6.45, 7) is 0.139. The van der Waals surface area contributed by atoms with E-state index in [0.29, 0.717) is 5.69 Å². The third-order valence-corrected chi connectivity index (χ3v) is 2.99. The van der Waals surface area contributed by atoms with Gasteiger partial charge in [-0.05, 0) is 18.2 Å². The average Bonchev–Trinajstić information content (AvgIpc) is 2.28. The molecule has 1 aromatic carbocycles. The fourth-order valence-corrected chi connectivity index (χ4v) is 2.12. The number of hydrogen-bond donors (Lipinski definition) is 1. The van der Waals surface area contributed by atoms with Crippen molar-refractivity contribution in [3.8, 4) is 0 Å². The summed E-state index contributed by atoms with van der Waals surface area (Å²) in [4.78, 5) is 23.9. The van der Waals surface area contributed by atoms with Crippen molar-refractivity contribution in [1.82, 2.24) is 0 Å². The Morgan fingerprint density at radius 1 is 1.53 bits per heavy atom. The largest absolute Gasteiger partial charge is 0.480 e. The monoisotopic (exact) mass is 299 g/mol. The zero-order valence-electron chi connectivity index (χ0n) is 8.80. The quantitative estimate of drug-likeness (QED) is 0.909. The van der Waals surface area contributed by atoms with Crippen molar-refractivity contribution in [2.45, 2.75) is 12.5 Å². The molecule has 1 amide bonds. The lowest BCUT2D eigenvalue weighted by molar-refractivity contribution is -0.139. The average molecular weight is 300 g/mol. The van der Waals surface area contributed by atoms with Crippen molar-refractivity contribution in [1.29, 1.82) is 0 Å². The molecule has 0 radical (unpaired) electrons. The van der Waals surface area contributed by atoms with E-state index in [4.69, 9.17) is 9.84 Å². The molecule has 1 aliphatic rings. The van der Waals surface area contributed by atoms with Crippen LogP contribution in [-0.4, -0.2) is 29.8 Å². The molecule has 1 N–H and O–H groups in total. The minimum absolute atomic E-state index is 0.139. The number of benzene rings is 1. The smallest absolute Gasteiger partial charge is 0.415 e. The molecule has 0 aliphatic carbocycles. The van der Waals surface area contributed by atoms with Crippen LogP contribution < -0.4 is 4.90 Å². The molecule has 0 saturated carbocycles. The number of halogens is 1. The van der Waals surface area contributed by atoms with Gasteiger partial charge in [0.1, 0.15) is 6.04 Å². The Morgan fingerprint density at radius 3 is 2.94 bits per heavy atom. The number of hydrogen-bond acceptors (Lipinski definition) is 3. The van der Waals surface area contributed by atoms with Crippen molar-refractivity contribution in [2.75, 3.05) is 11.5 Å². The van der Waals surface area contributed by atoms with E-state index < -0.39 is 18.1 Å². The van der Waals surface area contributed by atoms with Crippen molar-refractivity contribution >= 4 is 33.7 Å². The number of ether oxygens (including phenoxy) is 1. The van der Waals surface area contributed by atoms with E-state index in [1.807, 2.05) is 0 Å². The maximum absolute atomic E-state index is 11.6. The fourth-order valence-electron chi connectivity index (χ4n) is 1.73. The first-order valence-electron chi connectivity index (χ1n) is 5.04. The Balaban J connectivity index is 2.38. The number of carbonyl (C=O) groups is 2. The summed E-state index contributed by atoms with van der Waals surface area (Å²) < 4.78 is 5.65. The maximum Gasteiger partial charge on any atom is 0.415 e. The van der Waals surface area contributed by atoms with Crippen LogP contribution in [0.1, 0.15) is 6.42 Å². The molecule has 17 heavy (non-hydrogen) atoms. The number of amides is 1. The van der Waals surface area contributed by atoms with Gasteiger partial charge in [0, 0.05) is 16.6 Å². The van der Waals surface area contributed by atoms with Crippen LogP contribution >= 0.6 is 15.9 Å². The number of aliphatic carboxylic acids is 1. The van der Waals surface area contributed by atoms with E-state index in [1.165, 1.54) is 0 Å². The van der Waals surface area contributed by atoms with Crippen molar-refractivity contribution < 1.29 is 19.4 Å². The first-order chi connectivity index (χ1) is 8.09. The van der Waals surface area contributed by atoms with Gasteiger partial charge in [-0.1, -0.05) is 22.0 Å². The number of carboxylic acids is 1. The summed E-state index contributed by atoms with van der Waals surface area (Å²) in [6, 6.07) is 6.02. The van der Waals surface area contributed by atoms with Gasteiger partial charge in [-0.25, -0.2) is 9.59 Å². The molecule has 1 unspecified atom stereocenters. The van der Waals surface area contributed by atoms with Crippen LogP contribution in [0.3, 0.4) is 0 Å². The normalized spacial score (nSPS) is 19.9. The Bertz CT molecular complexity index is 463. The number of carbonyl (C=O) groups excluding carboxylic acids is 1. The minimum Gasteiger partial charge on any atom is -0.480 e. The van der Waals surface area contributed by atoms with Crippen molar-refractivity contribution in [3.05, 3.63) is 28.7 Å². The Kier molecular flexibility index (Phi) is 3.33. The van der Waals surface area contributed by atoms with Crippen LogP contribution in [-0.2, 0) is 9.53 Å². The summed E-state index contributed by atoms with van der Waals surface area (Å²) in [5, 5.41) is 9.10. The van der Waals surface area contributed by atoms with Crippen LogP contribution in [0.2, 0.25) is 0 Å². The molecule has 1 aliphatic heterocycles. The number of carboxylic acid groups (broad SMARTS) is 1. The highest BCUT2D eigenvalue weighted by Crippen LogP contribution is 2.26. The van der Waals surface area contributed by atoms with E-state index in [0.717, 1.165) is 9.37 Å². The number of rotatable bonds is 2. The minimum atomic E-state index is -1.03. The van der Waals surface area contributed by atoms with Gasteiger partial charge >= 0.3 is 12.1 Å². The summed E-state index contributed by atoms with van der Waals surface area (Å²) in [6.07, 6.45) is -0.338. The first-order valence-corrected chi connectivity index (χ1v) is 5.83. The third kappa shape index (κ3) is 2.41. The van der Waals surface area contributed by atoms with Gasteiger partial charge in [0.15, 0.2) is 0 Å². The summed E-state index contributed by atoms with van der Waals surface area (Å²) in [5.41, 5.74) is 0.511. The molecule has 1 atom stereocenters. The summed E-state index contributed by atoms with van der Waals surface area (Å²) in [7, 11) is 0. The molecule has 90 valence electrons. The van der Waals surface area contributed by atoms with Gasteiger partial charge < -0.3 is 9.84 Å². The topological polar surface area (TPSA) is 66.8 Å². The van der Waals surface area contributed by atoms with E-state index in [9.17, 15) is 9.59 Å². The number of cyclic esters (lactones) is 1. The van der Waals surface area contributed by atoms with E-state index in [1.54, 1.807) is 24.3 Å². The fraction of sp³-hybridized carbons (Fsp3) is 0.273. The van der Waals surface area contributed by atoms with Crippen molar-refractivity contribution in [3.63, 3.8) is 0 Å². The van der Waals surface area contributed by atoms with Crippen LogP contribution in [0.25, 0.3) is 0 Å². The molecule has 1 fully saturated rings. The molecule has 0 aromatic heterocycles. The van der Waals surface area contributed by atoms with E-state index in [2.05, 4.69) is 15.9 Å². The summed E-state index contributed by atoms with van der Waals surface area (Å²) in [5.74, 6) is -1.03. The Morgan fingerprint density at radius 2 is 2.29 bits per heavy atom. The van der Waals surface area contributed by atoms with E-state index in [-0.39, 0.29) is 13.0 Å². The molecule has 1 heterocycles. The summed E-state index contributed by atoms with van der Waals surface area (Å²) >= 11 is 3.28. The van der Waals surface area contributed by atoms with Gasteiger partial charge in [0.25, 0.3) is 0 Å². The molecule has 0 spiro atoms. The Labute approximate surface area is 106 Å². The molecule has 6 heteroatoms. The second-order valence-electron chi connectivity index (χ2n) is 3.61. The molecule has 1 saturated heterocycles. The van der Waals surface area contributed by atoms with Crippen molar-refractivity contribution in [2.24, 2.45) is 0 Å². The van der Waals surface area contributed by atoms with Crippen LogP contribution in [0, 0.1) is 0 Å². The first kappa shape index (κ1) is 11.9. The highest BCUT2D eigenvalue weighted by molar-refractivity contribution is 9.10. The molecule has 5 nitrogen and oxygen atoms in total. The molecule has 1 aromatic rings. The highest BCUT2D eigenvalue weighted by Gasteiger charge is 2.35. The van der Waals surface area contributed by atoms with Gasteiger partial charge in [0.05, 0.1) is 6.61 Å². The number of nitrogens with zero attached hydrogens (tertiary/aromatic N) is 1. The van der Waals surface area contributed by atoms with Gasteiger partial charge in [-0.15, -0.1) is 0 Å².